The summed E-state index contributed by atoms with van der Waals surface area (Å²) in [5, 5.41) is 0. The Bertz CT molecular complexity index is 756. The Morgan fingerprint density at radius 3 is 2.57 bits per heavy atom. The second-order valence-electron chi connectivity index (χ2n) is 5.46. The number of ether oxygens (including phenoxy) is 1. The summed E-state index contributed by atoms with van der Waals surface area (Å²) in [5.74, 6) is 0. The van der Waals surface area contributed by atoms with Crippen LogP contribution in [0.5, 0.6) is 0 Å². The molecular weight excluding hydrogens is 307 g/mol. The maximum Gasteiger partial charge on any atom is 0.416 e. The SMILES string of the molecule is NC(=O)OC1CCc2cc(-c3cccc(C(F)(F)F)c3)ccc21. The number of hydrogen-bond donors (Lipinski definition) is 1. The average Bonchev–Trinajstić information content (AvgIpc) is 2.88. The number of benzene rings is 2. The van der Waals surface area contributed by atoms with E-state index in [0.29, 0.717) is 24.0 Å². The summed E-state index contributed by atoms with van der Waals surface area (Å²) in [6.45, 7) is 0. The number of rotatable bonds is 2. The molecule has 1 unspecified atom stereocenters. The zero-order valence-electron chi connectivity index (χ0n) is 12.1. The van der Waals surface area contributed by atoms with E-state index < -0.39 is 17.8 Å². The molecule has 120 valence electrons. The van der Waals surface area contributed by atoms with E-state index in [0.717, 1.165) is 23.3 Å². The van der Waals surface area contributed by atoms with Gasteiger partial charge in [-0.3, -0.25) is 0 Å². The molecule has 3 nitrogen and oxygen atoms in total. The Morgan fingerprint density at radius 1 is 1.13 bits per heavy atom. The van der Waals surface area contributed by atoms with E-state index in [1.807, 2.05) is 6.07 Å². The maximum absolute atomic E-state index is 12.8. The van der Waals surface area contributed by atoms with Crippen molar-refractivity contribution >= 4 is 6.09 Å². The van der Waals surface area contributed by atoms with Gasteiger partial charge in [-0.25, -0.2) is 4.79 Å². The van der Waals surface area contributed by atoms with E-state index in [-0.39, 0.29) is 6.10 Å². The quantitative estimate of drug-likeness (QED) is 0.888. The molecule has 1 aliphatic rings. The van der Waals surface area contributed by atoms with Crippen molar-refractivity contribution in [1.82, 2.24) is 0 Å². The summed E-state index contributed by atoms with van der Waals surface area (Å²) < 4.78 is 43.5. The molecule has 1 aliphatic carbocycles. The van der Waals surface area contributed by atoms with Gasteiger partial charge in [0.2, 0.25) is 0 Å². The third-order valence-corrected chi connectivity index (χ3v) is 3.95. The molecule has 0 heterocycles. The smallest absolute Gasteiger partial charge is 0.416 e. The topological polar surface area (TPSA) is 52.3 Å². The summed E-state index contributed by atoms with van der Waals surface area (Å²) in [6, 6.07) is 10.6. The molecule has 6 heteroatoms. The summed E-state index contributed by atoms with van der Waals surface area (Å²) >= 11 is 0. The molecule has 0 radical (unpaired) electrons. The van der Waals surface area contributed by atoms with E-state index >= 15 is 0 Å². The lowest BCUT2D eigenvalue weighted by atomic mass is 9.98. The molecule has 2 aromatic rings. The lowest BCUT2D eigenvalue weighted by molar-refractivity contribution is -0.137. The van der Waals surface area contributed by atoms with Gasteiger partial charge < -0.3 is 10.5 Å². The van der Waals surface area contributed by atoms with Crippen LogP contribution in [0.15, 0.2) is 42.5 Å². The first-order valence-corrected chi connectivity index (χ1v) is 7.11. The fourth-order valence-corrected chi connectivity index (χ4v) is 2.90. The number of primary amides is 1. The van der Waals surface area contributed by atoms with Gasteiger partial charge in [-0.05, 0) is 47.2 Å². The predicted molar refractivity (Wildman–Crippen MR) is 78.6 cm³/mol. The first-order valence-electron chi connectivity index (χ1n) is 7.11. The average molecular weight is 321 g/mol. The fraction of sp³-hybridized carbons (Fsp3) is 0.235. The van der Waals surface area contributed by atoms with Gasteiger partial charge in [0.05, 0.1) is 5.56 Å². The molecule has 3 rings (SSSR count). The molecule has 2 N–H and O–H groups in total. The molecule has 0 saturated heterocycles. The Labute approximate surface area is 130 Å². The number of hydrogen-bond acceptors (Lipinski definition) is 2. The summed E-state index contributed by atoms with van der Waals surface area (Å²) in [4.78, 5) is 10.9. The normalized spacial score (nSPS) is 16.9. The minimum absolute atomic E-state index is 0.377. The molecule has 23 heavy (non-hydrogen) atoms. The lowest BCUT2D eigenvalue weighted by Crippen LogP contribution is -2.15. The van der Waals surface area contributed by atoms with Gasteiger partial charge in [0.15, 0.2) is 0 Å². The van der Waals surface area contributed by atoms with Crippen molar-refractivity contribution < 1.29 is 22.7 Å². The van der Waals surface area contributed by atoms with Gasteiger partial charge in [0, 0.05) is 0 Å². The standard InChI is InChI=1S/C17H14F3NO2/c18-17(19,20)13-3-1-2-10(9-13)11-4-6-14-12(8-11)5-7-15(14)23-16(21)22/h1-4,6,8-9,15H,5,7H2,(H2,21,22). The Morgan fingerprint density at radius 2 is 1.87 bits per heavy atom. The van der Waals surface area contributed by atoms with Gasteiger partial charge in [-0.15, -0.1) is 0 Å². The Hall–Kier alpha value is -2.50. The summed E-state index contributed by atoms with van der Waals surface area (Å²) in [7, 11) is 0. The summed E-state index contributed by atoms with van der Waals surface area (Å²) in [5.41, 5.74) is 7.39. The van der Waals surface area contributed by atoms with Crippen LogP contribution in [0.4, 0.5) is 18.0 Å². The van der Waals surface area contributed by atoms with Gasteiger partial charge in [-0.2, -0.15) is 13.2 Å². The van der Waals surface area contributed by atoms with Crippen molar-refractivity contribution in [3.63, 3.8) is 0 Å². The number of alkyl halides is 3. The second kappa shape index (κ2) is 5.61. The highest BCUT2D eigenvalue weighted by atomic mass is 19.4. The number of amides is 1. The number of carbonyl (C=O) groups excluding carboxylic acids is 1. The first-order chi connectivity index (χ1) is 10.8. The number of nitrogens with two attached hydrogens (primary N) is 1. The number of carbonyl (C=O) groups is 1. The van der Waals surface area contributed by atoms with Crippen LogP contribution in [0.3, 0.4) is 0 Å². The van der Waals surface area contributed by atoms with E-state index in [9.17, 15) is 18.0 Å². The highest BCUT2D eigenvalue weighted by molar-refractivity contribution is 5.68. The molecule has 0 aromatic heterocycles. The zero-order chi connectivity index (χ0) is 16.6. The highest BCUT2D eigenvalue weighted by Gasteiger charge is 2.30. The Balaban J connectivity index is 1.93. The lowest BCUT2D eigenvalue weighted by Gasteiger charge is -2.12. The van der Waals surface area contributed by atoms with Gasteiger partial charge >= 0.3 is 12.3 Å². The minimum Gasteiger partial charge on any atom is -0.441 e. The second-order valence-corrected chi connectivity index (χ2v) is 5.46. The largest absolute Gasteiger partial charge is 0.441 e. The van der Waals surface area contributed by atoms with Crippen molar-refractivity contribution in [3.05, 3.63) is 59.2 Å². The zero-order valence-corrected chi connectivity index (χ0v) is 12.1. The first kappa shape index (κ1) is 15.4. The predicted octanol–water partition coefficient (Wildman–Crippen LogP) is 4.46. The third kappa shape index (κ3) is 3.16. The van der Waals surface area contributed by atoms with Gasteiger partial charge in [-0.1, -0.05) is 30.3 Å². The van der Waals surface area contributed by atoms with Crippen LogP contribution in [0.2, 0.25) is 0 Å². The molecule has 0 bridgehead atoms. The molecule has 2 aromatic carbocycles. The van der Waals surface area contributed by atoms with Crippen LogP contribution in [0.25, 0.3) is 11.1 Å². The molecule has 1 atom stereocenters. The van der Waals surface area contributed by atoms with Crippen molar-refractivity contribution in [3.8, 4) is 11.1 Å². The van der Waals surface area contributed by atoms with E-state index in [2.05, 4.69) is 0 Å². The van der Waals surface area contributed by atoms with Crippen LogP contribution in [0, 0.1) is 0 Å². The Kier molecular flexibility index (Phi) is 3.75. The number of halogens is 3. The molecule has 0 saturated carbocycles. The van der Waals surface area contributed by atoms with Crippen LogP contribution in [0.1, 0.15) is 29.2 Å². The van der Waals surface area contributed by atoms with Crippen LogP contribution in [-0.2, 0) is 17.3 Å². The maximum atomic E-state index is 12.8. The molecule has 0 spiro atoms. The fourth-order valence-electron chi connectivity index (χ4n) is 2.90. The van der Waals surface area contributed by atoms with Gasteiger partial charge in [0.1, 0.15) is 6.10 Å². The van der Waals surface area contributed by atoms with Crippen molar-refractivity contribution in [2.75, 3.05) is 0 Å². The molecule has 0 aliphatic heterocycles. The van der Waals surface area contributed by atoms with E-state index in [1.165, 1.54) is 6.07 Å². The monoisotopic (exact) mass is 321 g/mol. The van der Waals surface area contributed by atoms with Gasteiger partial charge in [0.25, 0.3) is 0 Å². The molecular formula is C17H14F3NO2. The van der Waals surface area contributed by atoms with Crippen molar-refractivity contribution in [1.29, 1.82) is 0 Å². The molecule has 1 amide bonds. The van der Waals surface area contributed by atoms with E-state index in [4.69, 9.17) is 10.5 Å². The van der Waals surface area contributed by atoms with Crippen LogP contribution < -0.4 is 5.73 Å². The summed E-state index contributed by atoms with van der Waals surface area (Å²) in [6.07, 6.45) is -4.25. The van der Waals surface area contributed by atoms with E-state index in [1.54, 1.807) is 18.2 Å². The highest BCUT2D eigenvalue weighted by Crippen LogP contribution is 2.37. The van der Waals surface area contributed by atoms with Crippen LogP contribution in [-0.4, -0.2) is 6.09 Å². The number of aryl methyl sites for hydroxylation is 1. The van der Waals surface area contributed by atoms with Crippen molar-refractivity contribution in [2.45, 2.75) is 25.1 Å². The van der Waals surface area contributed by atoms with Crippen LogP contribution >= 0.6 is 0 Å². The third-order valence-electron chi connectivity index (χ3n) is 3.95. The molecule has 0 fully saturated rings. The van der Waals surface area contributed by atoms with Crippen molar-refractivity contribution in [2.24, 2.45) is 5.73 Å². The number of fused-ring (bicyclic) bond motifs is 1. The minimum atomic E-state index is -4.37.